The highest BCUT2D eigenvalue weighted by atomic mass is 16.6. The minimum Gasteiger partial charge on any atom is -0.481 e. The lowest BCUT2D eigenvalue weighted by atomic mass is 9.83. The standard InChI is InChI=1S/C24H32O3/c1-4-18(3)19-11-6-7-12-21-20(19)13-10-14-22(21)26-17-23(25)27-24(5-2)15-8-9-16-24/h6-7,10-14,18-19H,4-5,8-9,15-17H2,1-3H3. The van der Waals surface area contributed by atoms with E-state index in [0.717, 1.165) is 49.8 Å². The van der Waals surface area contributed by atoms with Gasteiger partial charge in [0.2, 0.25) is 0 Å². The first-order valence-electron chi connectivity index (χ1n) is 10.4. The van der Waals surface area contributed by atoms with Gasteiger partial charge in [-0.25, -0.2) is 4.79 Å². The highest BCUT2D eigenvalue weighted by molar-refractivity contribution is 5.72. The molecule has 3 heteroatoms. The Labute approximate surface area is 163 Å². The number of ether oxygens (including phenoxy) is 2. The van der Waals surface area contributed by atoms with Crippen molar-refractivity contribution >= 4 is 12.0 Å². The van der Waals surface area contributed by atoms with Gasteiger partial charge in [-0.1, -0.05) is 63.6 Å². The highest BCUT2D eigenvalue weighted by Gasteiger charge is 2.36. The lowest BCUT2D eigenvalue weighted by molar-refractivity contribution is -0.162. The van der Waals surface area contributed by atoms with Gasteiger partial charge in [0.15, 0.2) is 6.61 Å². The number of allylic oxidation sites excluding steroid dienone is 3. The molecule has 2 unspecified atom stereocenters. The molecule has 0 bridgehead atoms. The van der Waals surface area contributed by atoms with Crippen molar-refractivity contribution in [2.24, 2.45) is 5.92 Å². The molecule has 0 saturated heterocycles. The van der Waals surface area contributed by atoms with Gasteiger partial charge in [-0.3, -0.25) is 0 Å². The van der Waals surface area contributed by atoms with Crippen LogP contribution in [0.15, 0.2) is 36.4 Å². The summed E-state index contributed by atoms with van der Waals surface area (Å²) in [7, 11) is 0. The van der Waals surface area contributed by atoms with Gasteiger partial charge in [0.05, 0.1) is 0 Å². The zero-order valence-corrected chi connectivity index (χ0v) is 16.9. The minimum absolute atomic E-state index is 0.0343. The van der Waals surface area contributed by atoms with E-state index in [4.69, 9.17) is 9.47 Å². The maximum absolute atomic E-state index is 12.4. The lowest BCUT2D eigenvalue weighted by Crippen LogP contribution is -2.33. The van der Waals surface area contributed by atoms with Gasteiger partial charge in [0.25, 0.3) is 0 Å². The third kappa shape index (κ3) is 4.45. The van der Waals surface area contributed by atoms with Gasteiger partial charge in [-0.15, -0.1) is 0 Å². The Bertz CT molecular complexity index is 710. The topological polar surface area (TPSA) is 35.5 Å². The van der Waals surface area contributed by atoms with Crippen molar-refractivity contribution in [1.29, 1.82) is 0 Å². The molecule has 146 valence electrons. The van der Waals surface area contributed by atoms with Crippen LogP contribution in [0.5, 0.6) is 5.75 Å². The van der Waals surface area contributed by atoms with Crippen LogP contribution in [0.25, 0.3) is 6.08 Å². The molecule has 3 nitrogen and oxygen atoms in total. The number of esters is 1. The van der Waals surface area contributed by atoms with E-state index in [2.05, 4.69) is 51.1 Å². The van der Waals surface area contributed by atoms with Gasteiger partial charge in [0, 0.05) is 11.5 Å². The third-order valence-corrected chi connectivity index (χ3v) is 6.24. The van der Waals surface area contributed by atoms with Crippen molar-refractivity contribution in [3.8, 4) is 5.75 Å². The Morgan fingerprint density at radius 1 is 1.22 bits per heavy atom. The Morgan fingerprint density at radius 2 is 2.00 bits per heavy atom. The zero-order chi connectivity index (χ0) is 19.3. The second-order valence-electron chi connectivity index (χ2n) is 7.92. The van der Waals surface area contributed by atoms with Crippen molar-refractivity contribution < 1.29 is 14.3 Å². The third-order valence-electron chi connectivity index (χ3n) is 6.24. The fourth-order valence-corrected chi connectivity index (χ4v) is 4.30. The molecule has 27 heavy (non-hydrogen) atoms. The van der Waals surface area contributed by atoms with Crippen molar-refractivity contribution in [3.63, 3.8) is 0 Å². The van der Waals surface area contributed by atoms with Crippen LogP contribution in [0, 0.1) is 5.92 Å². The number of carbonyl (C=O) groups excluding carboxylic acids is 1. The molecule has 0 radical (unpaired) electrons. The molecule has 2 aliphatic carbocycles. The fraction of sp³-hybridized carbons (Fsp3) is 0.542. The number of hydrogen-bond acceptors (Lipinski definition) is 3. The first-order valence-corrected chi connectivity index (χ1v) is 10.4. The monoisotopic (exact) mass is 368 g/mol. The molecule has 0 N–H and O–H groups in total. The molecule has 1 aromatic carbocycles. The Hall–Kier alpha value is -2.03. The van der Waals surface area contributed by atoms with Crippen LogP contribution in [0.3, 0.4) is 0 Å². The smallest absolute Gasteiger partial charge is 0.344 e. The largest absolute Gasteiger partial charge is 0.481 e. The summed E-state index contributed by atoms with van der Waals surface area (Å²) < 4.78 is 11.8. The molecule has 1 fully saturated rings. The molecule has 0 aromatic heterocycles. The summed E-state index contributed by atoms with van der Waals surface area (Å²) in [6.07, 6.45) is 14.7. The molecule has 0 heterocycles. The second kappa shape index (κ2) is 8.77. The van der Waals surface area contributed by atoms with Gasteiger partial charge >= 0.3 is 5.97 Å². The van der Waals surface area contributed by atoms with Crippen molar-refractivity contribution in [1.82, 2.24) is 0 Å². The Balaban J connectivity index is 1.72. The maximum Gasteiger partial charge on any atom is 0.344 e. The molecule has 1 saturated carbocycles. The van der Waals surface area contributed by atoms with E-state index in [1.807, 2.05) is 12.1 Å². The number of fused-ring (bicyclic) bond motifs is 1. The van der Waals surface area contributed by atoms with Crippen molar-refractivity contribution in [2.75, 3.05) is 6.61 Å². The molecule has 3 rings (SSSR count). The van der Waals surface area contributed by atoms with Crippen molar-refractivity contribution in [3.05, 3.63) is 47.6 Å². The number of benzene rings is 1. The van der Waals surface area contributed by atoms with Crippen LogP contribution in [0.1, 0.15) is 76.3 Å². The van der Waals surface area contributed by atoms with E-state index >= 15 is 0 Å². The van der Waals surface area contributed by atoms with Gasteiger partial charge in [0.1, 0.15) is 11.4 Å². The highest BCUT2D eigenvalue weighted by Crippen LogP contribution is 2.38. The summed E-state index contributed by atoms with van der Waals surface area (Å²) in [5, 5.41) is 0. The average molecular weight is 369 g/mol. The molecular formula is C24H32O3. The molecule has 0 spiro atoms. The van der Waals surface area contributed by atoms with E-state index in [-0.39, 0.29) is 18.2 Å². The van der Waals surface area contributed by atoms with Crippen LogP contribution < -0.4 is 4.74 Å². The summed E-state index contributed by atoms with van der Waals surface area (Å²) in [5.41, 5.74) is 2.08. The van der Waals surface area contributed by atoms with Crippen molar-refractivity contribution in [2.45, 2.75) is 70.8 Å². The van der Waals surface area contributed by atoms with Gasteiger partial charge in [-0.2, -0.15) is 0 Å². The normalized spacial score (nSPS) is 21.4. The summed E-state index contributed by atoms with van der Waals surface area (Å²) in [6, 6.07) is 6.13. The molecule has 1 aromatic rings. The van der Waals surface area contributed by atoms with E-state index in [9.17, 15) is 4.79 Å². The predicted octanol–water partition coefficient (Wildman–Crippen LogP) is 6.04. The van der Waals surface area contributed by atoms with E-state index < -0.39 is 0 Å². The van der Waals surface area contributed by atoms with Crippen LogP contribution in [0.4, 0.5) is 0 Å². The predicted molar refractivity (Wildman–Crippen MR) is 110 cm³/mol. The number of rotatable bonds is 7. The van der Waals surface area contributed by atoms with Crippen LogP contribution in [-0.2, 0) is 9.53 Å². The van der Waals surface area contributed by atoms with Crippen LogP contribution >= 0.6 is 0 Å². The van der Waals surface area contributed by atoms with Crippen LogP contribution in [-0.4, -0.2) is 18.2 Å². The molecule has 0 aliphatic heterocycles. The SMILES string of the molecule is CCC(C)C1C=CC=Cc2c(OCC(=O)OC3(CC)CCCC3)cccc21. The summed E-state index contributed by atoms with van der Waals surface area (Å²) in [4.78, 5) is 12.4. The van der Waals surface area contributed by atoms with Gasteiger partial charge in [-0.05, 0) is 49.7 Å². The summed E-state index contributed by atoms with van der Waals surface area (Å²) in [6.45, 7) is 6.57. The molecular weight excluding hydrogens is 336 g/mol. The molecule has 0 amide bonds. The minimum atomic E-state index is -0.264. The van der Waals surface area contributed by atoms with E-state index in [0.29, 0.717) is 11.8 Å². The van der Waals surface area contributed by atoms with E-state index in [1.165, 1.54) is 5.56 Å². The first-order chi connectivity index (χ1) is 13.1. The Morgan fingerprint density at radius 3 is 2.70 bits per heavy atom. The Kier molecular flexibility index (Phi) is 6.41. The lowest BCUT2D eigenvalue weighted by Gasteiger charge is -2.27. The quantitative estimate of drug-likeness (QED) is 0.550. The van der Waals surface area contributed by atoms with Gasteiger partial charge < -0.3 is 9.47 Å². The molecule has 2 aliphatic rings. The fourth-order valence-electron chi connectivity index (χ4n) is 4.30. The number of hydrogen-bond donors (Lipinski definition) is 0. The maximum atomic E-state index is 12.4. The van der Waals surface area contributed by atoms with Crippen LogP contribution in [0.2, 0.25) is 0 Å². The average Bonchev–Trinajstić information content (AvgIpc) is 3.04. The summed E-state index contributed by atoms with van der Waals surface area (Å²) >= 11 is 0. The summed E-state index contributed by atoms with van der Waals surface area (Å²) in [5.74, 6) is 1.41. The second-order valence-corrected chi connectivity index (χ2v) is 7.92. The molecule has 2 atom stereocenters. The zero-order valence-electron chi connectivity index (χ0n) is 16.9. The first kappa shape index (κ1) is 19.7. The number of carbonyl (C=O) groups is 1. The van der Waals surface area contributed by atoms with E-state index in [1.54, 1.807) is 0 Å².